The second-order valence-electron chi connectivity index (χ2n) is 5.08. The minimum atomic E-state index is -1.79. The number of hydrogen-bond donors (Lipinski definition) is 0. The van der Waals surface area contributed by atoms with E-state index in [1.165, 1.54) is 6.04 Å². The molecular weight excluding hydrogens is 286 g/mol. The molecule has 0 amide bonds. The third-order valence-corrected chi connectivity index (χ3v) is 10.7. The van der Waals surface area contributed by atoms with Gasteiger partial charge in [-0.1, -0.05) is 41.5 Å². The molecule has 0 rings (SSSR count). The summed E-state index contributed by atoms with van der Waals surface area (Å²) in [5.41, 5.74) is 0. The van der Waals surface area contributed by atoms with Crippen LogP contribution in [-0.4, -0.2) is 67.4 Å². The Morgan fingerprint density at radius 2 is 0.950 bits per heavy atom. The zero-order valence-corrected chi connectivity index (χ0v) is 16.3. The van der Waals surface area contributed by atoms with Crippen molar-refractivity contribution in [1.82, 2.24) is 13.7 Å². The highest BCUT2D eigenvalue weighted by molar-refractivity contribution is 6.71. The van der Waals surface area contributed by atoms with Crippen LogP contribution < -0.4 is 0 Å². The fourth-order valence-electron chi connectivity index (χ4n) is 3.57. The van der Waals surface area contributed by atoms with Crippen molar-refractivity contribution in [3.05, 3.63) is 0 Å². The third kappa shape index (κ3) is 4.44. The Kier molecular flexibility index (Phi) is 11.2. The summed E-state index contributed by atoms with van der Waals surface area (Å²) in [6, 6.07) is 1.25. The van der Waals surface area contributed by atoms with Gasteiger partial charge in [0, 0.05) is 5.88 Å². The van der Waals surface area contributed by atoms with Crippen LogP contribution in [0.4, 0.5) is 0 Å². The first kappa shape index (κ1) is 20.4. The van der Waals surface area contributed by atoms with Gasteiger partial charge in [0.25, 0.3) is 8.56 Å². The first-order valence-electron chi connectivity index (χ1n) is 8.43. The molecule has 0 atom stereocenters. The zero-order valence-electron chi connectivity index (χ0n) is 14.6. The van der Waals surface area contributed by atoms with E-state index in [0.717, 1.165) is 51.6 Å². The molecule has 0 saturated carbocycles. The highest BCUT2D eigenvalue weighted by Crippen LogP contribution is 2.26. The SMILES string of the molecule is CCN(CC)[Si](CCCCl)(N(CC)CC)N(CC)CC. The van der Waals surface area contributed by atoms with Gasteiger partial charge >= 0.3 is 0 Å². The number of halogens is 1. The fourth-order valence-corrected chi connectivity index (χ4v) is 9.76. The van der Waals surface area contributed by atoms with Gasteiger partial charge in [-0.25, -0.2) is 0 Å². The first-order chi connectivity index (χ1) is 9.62. The molecule has 0 aromatic heterocycles. The van der Waals surface area contributed by atoms with Crippen LogP contribution in [0.5, 0.6) is 0 Å². The van der Waals surface area contributed by atoms with Crippen LogP contribution in [0, 0.1) is 0 Å². The minimum Gasteiger partial charge on any atom is -0.300 e. The van der Waals surface area contributed by atoms with Crippen molar-refractivity contribution in [3.8, 4) is 0 Å². The molecule has 20 heavy (non-hydrogen) atoms. The van der Waals surface area contributed by atoms with Gasteiger partial charge in [0.2, 0.25) is 0 Å². The Bertz CT molecular complexity index is 198. The van der Waals surface area contributed by atoms with Crippen LogP contribution in [0.25, 0.3) is 0 Å². The van der Waals surface area contributed by atoms with E-state index in [-0.39, 0.29) is 0 Å². The van der Waals surface area contributed by atoms with Crippen molar-refractivity contribution in [2.45, 2.75) is 54.0 Å². The number of hydrogen-bond acceptors (Lipinski definition) is 3. The average Bonchev–Trinajstić information content (AvgIpc) is 2.48. The molecule has 0 radical (unpaired) electrons. The molecule has 0 aromatic rings. The standard InChI is InChI=1S/C15H36ClN3Si/c1-7-17(8-2)20(15-13-14-16,18(9-3)10-4)19(11-5)12-6/h7-15H2,1-6H3. The van der Waals surface area contributed by atoms with Crippen molar-refractivity contribution in [2.75, 3.05) is 45.1 Å². The van der Waals surface area contributed by atoms with E-state index in [0.29, 0.717) is 0 Å². The molecule has 0 spiro atoms. The van der Waals surface area contributed by atoms with Crippen LogP contribution in [0.1, 0.15) is 48.0 Å². The van der Waals surface area contributed by atoms with Crippen molar-refractivity contribution in [3.63, 3.8) is 0 Å². The monoisotopic (exact) mass is 321 g/mol. The lowest BCUT2D eigenvalue weighted by Gasteiger charge is -2.53. The lowest BCUT2D eigenvalue weighted by Crippen LogP contribution is -2.75. The van der Waals surface area contributed by atoms with Gasteiger partial charge in [0.15, 0.2) is 0 Å². The molecule has 0 fully saturated rings. The van der Waals surface area contributed by atoms with Gasteiger partial charge in [-0.05, 0) is 51.7 Å². The molecule has 0 unspecified atom stereocenters. The molecule has 0 aliphatic heterocycles. The second kappa shape index (κ2) is 11.0. The Morgan fingerprint density at radius 1 is 0.650 bits per heavy atom. The largest absolute Gasteiger partial charge is 0.300 e. The Labute approximate surface area is 133 Å². The van der Waals surface area contributed by atoms with Crippen LogP contribution in [0.2, 0.25) is 6.04 Å². The average molecular weight is 322 g/mol. The summed E-state index contributed by atoms with van der Waals surface area (Å²) in [5, 5.41) is 0. The Morgan fingerprint density at radius 3 is 1.15 bits per heavy atom. The quantitative estimate of drug-likeness (QED) is 0.402. The van der Waals surface area contributed by atoms with Crippen molar-refractivity contribution in [2.24, 2.45) is 0 Å². The molecule has 0 heterocycles. The van der Waals surface area contributed by atoms with Crippen molar-refractivity contribution in [1.29, 1.82) is 0 Å². The van der Waals surface area contributed by atoms with Crippen molar-refractivity contribution >= 4 is 20.2 Å². The summed E-state index contributed by atoms with van der Waals surface area (Å²) in [4.78, 5) is 0. The van der Waals surface area contributed by atoms with E-state index >= 15 is 0 Å². The number of alkyl halides is 1. The Balaban J connectivity index is 5.70. The van der Waals surface area contributed by atoms with Gasteiger partial charge in [-0.15, -0.1) is 11.6 Å². The zero-order chi connectivity index (χ0) is 15.6. The predicted molar refractivity (Wildman–Crippen MR) is 94.7 cm³/mol. The van der Waals surface area contributed by atoms with Gasteiger partial charge in [-0.2, -0.15) is 0 Å². The Hall–Kier alpha value is 0.387. The third-order valence-electron chi connectivity index (χ3n) is 4.46. The second-order valence-corrected chi connectivity index (χ2v) is 9.41. The van der Waals surface area contributed by atoms with Gasteiger partial charge in [-0.3, -0.25) is 13.7 Å². The van der Waals surface area contributed by atoms with E-state index in [9.17, 15) is 0 Å². The highest BCUT2D eigenvalue weighted by atomic mass is 35.5. The fraction of sp³-hybridized carbons (Fsp3) is 1.00. The normalized spacial score (nSPS) is 12.9. The first-order valence-corrected chi connectivity index (χ1v) is 11.0. The molecule has 0 N–H and O–H groups in total. The predicted octanol–water partition coefficient (Wildman–Crippen LogP) is 3.58. The molecule has 0 saturated heterocycles. The lowest BCUT2D eigenvalue weighted by atomic mass is 10.6. The lowest BCUT2D eigenvalue weighted by molar-refractivity contribution is 0.260. The maximum Gasteiger partial charge on any atom is 0.289 e. The van der Waals surface area contributed by atoms with Crippen LogP contribution in [0.15, 0.2) is 0 Å². The summed E-state index contributed by atoms with van der Waals surface area (Å²) in [6.45, 7) is 20.6. The summed E-state index contributed by atoms with van der Waals surface area (Å²) in [7, 11) is -1.79. The number of nitrogens with zero attached hydrogens (tertiary/aromatic N) is 3. The molecular formula is C15H36ClN3Si. The molecule has 3 nitrogen and oxygen atoms in total. The topological polar surface area (TPSA) is 9.72 Å². The summed E-state index contributed by atoms with van der Waals surface area (Å²) in [6.07, 6.45) is 1.12. The molecule has 122 valence electrons. The molecule has 0 bridgehead atoms. The minimum absolute atomic E-state index is 0.776. The summed E-state index contributed by atoms with van der Waals surface area (Å²) in [5.74, 6) is 0.776. The molecule has 0 aliphatic carbocycles. The molecule has 0 aromatic carbocycles. The smallest absolute Gasteiger partial charge is 0.289 e. The summed E-state index contributed by atoms with van der Waals surface area (Å²) < 4.78 is 8.25. The van der Waals surface area contributed by atoms with Crippen LogP contribution in [0.3, 0.4) is 0 Å². The van der Waals surface area contributed by atoms with Crippen LogP contribution >= 0.6 is 11.6 Å². The number of rotatable bonds is 12. The van der Waals surface area contributed by atoms with E-state index in [4.69, 9.17) is 11.6 Å². The van der Waals surface area contributed by atoms with E-state index in [2.05, 4.69) is 55.2 Å². The van der Waals surface area contributed by atoms with Gasteiger partial charge in [0.05, 0.1) is 0 Å². The van der Waals surface area contributed by atoms with Crippen LogP contribution in [-0.2, 0) is 0 Å². The maximum absolute atomic E-state index is 6.05. The van der Waals surface area contributed by atoms with E-state index in [1.807, 2.05) is 0 Å². The van der Waals surface area contributed by atoms with Gasteiger partial charge < -0.3 is 0 Å². The highest BCUT2D eigenvalue weighted by Gasteiger charge is 2.47. The van der Waals surface area contributed by atoms with Gasteiger partial charge in [0.1, 0.15) is 0 Å². The summed E-state index contributed by atoms with van der Waals surface area (Å²) >= 11 is 6.05. The van der Waals surface area contributed by atoms with Crippen molar-refractivity contribution < 1.29 is 0 Å². The maximum atomic E-state index is 6.05. The van der Waals surface area contributed by atoms with E-state index in [1.54, 1.807) is 0 Å². The molecule has 0 aliphatic rings. The molecule has 5 heteroatoms. The van der Waals surface area contributed by atoms with E-state index < -0.39 is 8.56 Å².